The molecular weight excluding hydrogens is 337 g/mol. The van der Waals surface area contributed by atoms with Crippen molar-refractivity contribution in [3.8, 4) is 0 Å². The smallest absolute Gasteiger partial charge is 0.485 e. The molecule has 22 heavy (non-hydrogen) atoms. The topological polar surface area (TPSA) is 57.2 Å². The predicted molar refractivity (Wildman–Crippen MR) is 79.5 cm³/mol. The summed E-state index contributed by atoms with van der Waals surface area (Å²) in [6.45, 7) is 0. The fraction of sp³-hybridized carbons (Fsp3) is 0.0714. The number of halogens is 3. The van der Waals surface area contributed by atoms with Crippen LogP contribution in [0.2, 0.25) is 0 Å². The lowest BCUT2D eigenvalue weighted by atomic mass is 10.1. The first-order valence-corrected chi connectivity index (χ1v) is 8.19. The van der Waals surface area contributed by atoms with Crippen molar-refractivity contribution in [3.63, 3.8) is 0 Å². The first-order valence-electron chi connectivity index (χ1n) is 5.90. The molecule has 3 rings (SSSR count). The van der Waals surface area contributed by atoms with E-state index in [9.17, 15) is 13.2 Å². The van der Waals surface area contributed by atoms with Gasteiger partial charge in [0.15, 0.2) is 10.1 Å². The summed E-state index contributed by atoms with van der Waals surface area (Å²) in [4.78, 5) is 0. The van der Waals surface area contributed by atoms with Crippen LogP contribution < -0.4 is 0 Å². The second-order valence-corrected chi connectivity index (χ2v) is 6.50. The Morgan fingerprint density at radius 2 is 1.41 bits per heavy atom. The van der Waals surface area contributed by atoms with Gasteiger partial charge in [0.1, 0.15) is 0 Å². The molecule has 1 heterocycles. The molecule has 3 nitrogen and oxygen atoms in total. The summed E-state index contributed by atoms with van der Waals surface area (Å²) in [5, 5.41) is 6.26. The number of rotatable bonds is 0. The molecule has 0 saturated carbocycles. The third-order valence-electron chi connectivity index (χ3n) is 2.73. The highest BCUT2D eigenvalue weighted by Crippen LogP contribution is 2.28. The van der Waals surface area contributed by atoms with Crippen LogP contribution in [0.5, 0.6) is 0 Å². The Morgan fingerprint density at radius 1 is 0.909 bits per heavy atom. The average molecular weight is 346 g/mol. The highest BCUT2D eigenvalue weighted by molar-refractivity contribution is 7.86. The molecule has 1 aromatic heterocycles. The maximum Gasteiger partial charge on any atom is 0.485 e. The van der Waals surface area contributed by atoms with Crippen molar-refractivity contribution in [2.45, 2.75) is 5.51 Å². The van der Waals surface area contributed by atoms with E-state index in [1.165, 1.54) is 20.9 Å². The van der Waals surface area contributed by atoms with Gasteiger partial charge in [0.05, 0.1) is 0 Å². The van der Waals surface area contributed by atoms with Gasteiger partial charge in [-0.25, -0.2) is 8.42 Å². The SMILES string of the molecule is O=S(=O)([O-])C(F)(F)F.c1ccc2c(c1)c[s+]c1ccccc12. The molecule has 0 spiro atoms. The highest BCUT2D eigenvalue weighted by Gasteiger charge is 2.36. The fourth-order valence-corrected chi connectivity index (χ4v) is 2.69. The van der Waals surface area contributed by atoms with Gasteiger partial charge in [-0.2, -0.15) is 13.2 Å². The number of hydrogen-bond donors (Lipinski definition) is 0. The van der Waals surface area contributed by atoms with Crippen molar-refractivity contribution in [1.82, 2.24) is 0 Å². The number of fused-ring (bicyclic) bond motifs is 3. The monoisotopic (exact) mass is 346 g/mol. The van der Waals surface area contributed by atoms with Crippen molar-refractivity contribution in [2.75, 3.05) is 0 Å². The maximum atomic E-state index is 10.7. The molecule has 0 unspecified atom stereocenters. The summed E-state index contributed by atoms with van der Waals surface area (Å²) in [6, 6.07) is 17.1. The molecule has 0 aliphatic carbocycles. The van der Waals surface area contributed by atoms with Crippen molar-refractivity contribution in [3.05, 3.63) is 53.9 Å². The summed E-state index contributed by atoms with van der Waals surface area (Å²) in [6.07, 6.45) is 0. The highest BCUT2D eigenvalue weighted by atomic mass is 32.2. The van der Waals surface area contributed by atoms with Crippen LogP contribution in [-0.4, -0.2) is 18.5 Å². The van der Waals surface area contributed by atoms with E-state index in [0.717, 1.165) is 0 Å². The van der Waals surface area contributed by atoms with Crippen LogP contribution in [0, 0.1) is 0 Å². The van der Waals surface area contributed by atoms with Crippen LogP contribution in [0.4, 0.5) is 13.2 Å². The van der Waals surface area contributed by atoms with Gasteiger partial charge in [-0.05, 0) is 17.5 Å². The molecule has 2 aromatic carbocycles. The molecule has 0 aliphatic rings. The standard InChI is InChI=1S/C13H9S.CHF3O3S/c1-2-6-11-10(5-1)9-14-13-8-4-3-7-12(11)13;2-1(3,4)8(5,6)7/h1-9H;(H,5,6,7)/q+1;/p-1. The zero-order valence-corrected chi connectivity index (χ0v) is 12.5. The van der Waals surface area contributed by atoms with Gasteiger partial charge in [0, 0.05) is 16.8 Å². The first kappa shape index (κ1) is 16.6. The van der Waals surface area contributed by atoms with E-state index in [1.807, 2.05) is 0 Å². The minimum absolute atomic E-state index is 1.33. The Balaban J connectivity index is 0.000000192. The Bertz CT molecular complexity index is 851. The largest absolute Gasteiger partial charge is 0.741 e. The van der Waals surface area contributed by atoms with Gasteiger partial charge >= 0.3 is 5.51 Å². The zero-order valence-electron chi connectivity index (χ0n) is 10.9. The molecule has 0 aliphatic heterocycles. The first-order chi connectivity index (χ1) is 10.2. The molecule has 0 fully saturated rings. The van der Waals surface area contributed by atoms with Crippen molar-refractivity contribution >= 4 is 42.3 Å². The van der Waals surface area contributed by atoms with Gasteiger partial charge in [0.25, 0.3) is 0 Å². The van der Waals surface area contributed by atoms with Crippen LogP contribution in [0.3, 0.4) is 0 Å². The summed E-state index contributed by atoms with van der Waals surface area (Å²) in [7, 11) is -6.09. The van der Waals surface area contributed by atoms with Crippen molar-refractivity contribution in [2.24, 2.45) is 0 Å². The Hall–Kier alpha value is -1.77. The normalized spacial score (nSPS) is 12.0. The van der Waals surface area contributed by atoms with Crippen molar-refractivity contribution in [1.29, 1.82) is 0 Å². The molecule has 0 amide bonds. The molecule has 3 aromatic rings. The maximum absolute atomic E-state index is 10.7. The Labute approximate surface area is 128 Å². The average Bonchev–Trinajstić information content (AvgIpc) is 2.46. The summed E-state index contributed by atoms with van der Waals surface area (Å²) >= 11 is 1.81. The van der Waals surface area contributed by atoms with Gasteiger partial charge in [-0.1, -0.05) is 30.3 Å². The van der Waals surface area contributed by atoms with Crippen LogP contribution >= 0.6 is 11.3 Å². The van der Waals surface area contributed by atoms with Crippen LogP contribution in [-0.2, 0) is 10.1 Å². The van der Waals surface area contributed by atoms with Crippen molar-refractivity contribution < 1.29 is 26.1 Å². The summed E-state index contributed by atoms with van der Waals surface area (Å²) in [5.41, 5.74) is -5.65. The molecule has 116 valence electrons. The van der Waals surface area contributed by atoms with Gasteiger partial charge < -0.3 is 4.55 Å². The van der Waals surface area contributed by atoms with Gasteiger partial charge in [0.2, 0.25) is 21.4 Å². The van der Waals surface area contributed by atoms with E-state index in [-0.39, 0.29) is 0 Å². The number of hydrogen-bond acceptors (Lipinski definition) is 3. The van der Waals surface area contributed by atoms with E-state index in [1.54, 1.807) is 11.3 Å². The van der Waals surface area contributed by atoms with Crippen LogP contribution in [0.1, 0.15) is 0 Å². The zero-order chi connectivity index (χ0) is 16.4. The fourth-order valence-electron chi connectivity index (χ4n) is 1.76. The van der Waals surface area contributed by atoms with E-state index in [0.29, 0.717) is 0 Å². The molecule has 0 bridgehead atoms. The van der Waals surface area contributed by atoms with Gasteiger partial charge in [-0.3, -0.25) is 0 Å². The van der Waals surface area contributed by atoms with E-state index < -0.39 is 15.6 Å². The quantitative estimate of drug-likeness (QED) is 0.263. The molecule has 0 saturated heterocycles. The molecule has 0 N–H and O–H groups in total. The molecular formula is C14H9F3O3S2. The minimum atomic E-state index is -6.09. The Morgan fingerprint density at radius 3 is 2.00 bits per heavy atom. The Kier molecular flexibility index (Phi) is 4.64. The number of alkyl halides is 3. The van der Waals surface area contributed by atoms with Crippen LogP contribution in [0.25, 0.3) is 20.9 Å². The summed E-state index contributed by atoms with van der Waals surface area (Å²) < 4.78 is 60.3. The third-order valence-corrected chi connectivity index (χ3v) is 4.28. The molecule has 0 atom stereocenters. The van der Waals surface area contributed by atoms with Gasteiger partial charge in [-0.15, -0.1) is 0 Å². The lowest BCUT2D eigenvalue weighted by molar-refractivity contribution is -0.0517. The predicted octanol–water partition coefficient (Wildman–Crippen LogP) is 4.39. The van der Waals surface area contributed by atoms with E-state index in [4.69, 9.17) is 13.0 Å². The third kappa shape index (κ3) is 3.70. The van der Waals surface area contributed by atoms with E-state index >= 15 is 0 Å². The van der Waals surface area contributed by atoms with Crippen LogP contribution in [0.15, 0.2) is 53.9 Å². The lowest BCUT2D eigenvalue weighted by Gasteiger charge is -2.08. The van der Waals surface area contributed by atoms with E-state index in [2.05, 4.69) is 53.9 Å². The second-order valence-electron chi connectivity index (χ2n) is 4.22. The second kappa shape index (κ2) is 6.15. The lowest BCUT2D eigenvalue weighted by Crippen LogP contribution is -2.21. The molecule has 0 radical (unpaired) electrons. The minimum Gasteiger partial charge on any atom is -0.741 e. The number of benzene rings is 2. The molecule has 8 heteroatoms. The summed E-state index contributed by atoms with van der Waals surface area (Å²) in [5.74, 6) is 0.